The maximum absolute atomic E-state index is 14.0. The molecule has 0 aromatic heterocycles. The molecule has 0 atom stereocenters. The van der Waals surface area contributed by atoms with Gasteiger partial charge in [-0.05, 0) is 22.9 Å². The smallest absolute Gasteiger partial charge is 0.176 e. The maximum Gasteiger partial charge on any atom is 0.176 e. The Kier molecular flexibility index (Phi) is 4.70. The summed E-state index contributed by atoms with van der Waals surface area (Å²) in [7, 11) is 0. The largest absolute Gasteiger partial charge is 0.246 e. The number of benzene rings is 2. The molecule has 2 rings (SSSR count). The Morgan fingerprint density at radius 3 is 1.52 bits per heavy atom. The third-order valence-corrected chi connectivity index (χ3v) is 3.93. The summed E-state index contributed by atoms with van der Waals surface area (Å²) in [5.74, 6) is -13.6. The summed E-state index contributed by atoms with van der Waals surface area (Å²) in [5.41, 5.74) is -5.61. The van der Waals surface area contributed by atoms with Gasteiger partial charge in [-0.15, -0.1) is 0 Å². The molecule has 0 aliphatic rings. The van der Waals surface area contributed by atoms with Crippen LogP contribution in [0.1, 0.15) is 11.1 Å². The zero-order valence-electron chi connectivity index (χ0n) is 11.1. The third-order valence-electron chi connectivity index (χ3n) is 3.23. The van der Waals surface area contributed by atoms with Gasteiger partial charge in [0.2, 0.25) is 0 Å². The molecule has 2 aromatic rings. The van der Waals surface area contributed by atoms with Crippen molar-refractivity contribution in [3.05, 3.63) is 56.3 Å². The molecule has 0 nitrogen and oxygen atoms in total. The standard InChI is InChI=1S/C14H5BrF8/c1-3-8(17)12(21)6(13(22)9(3)18)5-4(2-16)10(19)7(15)14(23)11(5)20/h2H2,1H3. The molecule has 0 aliphatic carbocycles. The Hall–Kier alpha value is -1.64. The van der Waals surface area contributed by atoms with E-state index in [1.54, 1.807) is 0 Å². The van der Waals surface area contributed by atoms with Crippen LogP contribution in [0.2, 0.25) is 0 Å². The van der Waals surface area contributed by atoms with Gasteiger partial charge in [-0.1, -0.05) is 0 Å². The average molecular weight is 405 g/mol. The van der Waals surface area contributed by atoms with E-state index < -0.39 is 74.1 Å². The van der Waals surface area contributed by atoms with Crippen LogP contribution in [0.15, 0.2) is 4.47 Å². The highest BCUT2D eigenvalue weighted by molar-refractivity contribution is 9.10. The Morgan fingerprint density at radius 1 is 0.652 bits per heavy atom. The van der Waals surface area contributed by atoms with Crippen LogP contribution in [0, 0.1) is 47.6 Å². The van der Waals surface area contributed by atoms with E-state index in [0.29, 0.717) is 6.92 Å². The normalized spacial score (nSPS) is 11.2. The number of hydrogen-bond acceptors (Lipinski definition) is 0. The Bertz CT molecular complexity index is 787. The molecule has 2 aromatic carbocycles. The molecule has 0 saturated carbocycles. The van der Waals surface area contributed by atoms with Crippen molar-refractivity contribution in [3.63, 3.8) is 0 Å². The number of alkyl halides is 1. The van der Waals surface area contributed by atoms with E-state index in [9.17, 15) is 35.1 Å². The predicted molar refractivity (Wildman–Crippen MR) is 68.8 cm³/mol. The number of rotatable bonds is 2. The van der Waals surface area contributed by atoms with E-state index in [0.717, 1.165) is 0 Å². The van der Waals surface area contributed by atoms with Crippen molar-refractivity contribution < 1.29 is 35.1 Å². The summed E-state index contributed by atoms with van der Waals surface area (Å²) in [6, 6.07) is 0. The van der Waals surface area contributed by atoms with Crippen molar-refractivity contribution >= 4 is 15.9 Å². The third kappa shape index (κ3) is 2.50. The molecule has 0 N–H and O–H groups in total. The first-order valence-electron chi connectivity index (χ1n) is 5.88. The van der Waals surface area contributed by atoms with Gasteiger partial charge < -0.3 is 0 Å². The molecule has 9 heteroatoms. The Labute approximate surface area is 132 Å². The molecule has 0 amide bonds. The molecule has 0 aliphatic heterocycles. The SMILES string of the molecule is Cc1c(F)c(F)c(-c2c(F)c(F)c(Br)c(F)c2CF)c(F)c1F. The topological polar surface area (TPSA) is 0 Å². The second kappa shape index (κ2) is 6.10. The van der Waals surface area contributed by atoms with Gasteiger partial charge in [0.15, 0.2) is 34.9 Å². The van der Waals surface area contributed by atoms with E-state index in [1.807, 2.05) is 0 Å². The molecule has 0 radical (unpaired) electrons. The zero-order valence-corrected chi connectivity index (χ0v) is 12.7. The van der Waals surface area contributed by atoms with Crippen LogP contribution in [-0.4, -0.2) is 0 Å². The second-order valence-corrected chi connectivity index (χ2v) is 5.29. The predicted octanol–water partition coefficient (Wildman–Crippen LogP) is 5.87. The maximum atomic E-state index is 14.0. The lowest BCUT2D eigenvalue weighted by Crippen LogP contribution is -2.09. The highest BCUT2D eigenvalue weighted by Gasteiger charge is 2.32. The fourth-order valence-corrected chi connectivity index (χ4v) is 2.44. The van der Waals surface area contributed by atoms with Gasteiger partial charge in [0, 0.05) is 16.7 Å². The summed E-state index contributed by atoms with van der Waals surface area (Å²) in [6.45, 7) is -1.09. The monoisotopic (exact) mass is 404 g/mol. The molecule has 0 bridgehead atoms. The highest BCUT2D eigenvalue weighted by Crippen LogP contribution is 2.40. The van der Waals surface area contributed by atoms with Crippen LogP contribution in [-0.2, 0) is 6.67 Å². The molecule has 0 heterocycles. The highest BCUT2D eigenvalue weighted by atomic mass is 79.9. The summed E-state index contributed by atoms with van der Waals surface area (Å²) < 4.78 is 108. The van der Waals surface area contributed by atoms with Crippen LogP contribution in [0.4, 0.5) is 35.1 Å². The summed E-state index contributed by atoms with van der Waals surface area (Å²) in [5, 5.41) is 0. The first kappa shape index (κ1) is 17.7. The quantitative estimate of drug-likeness (QED) is 0.333. The molecule has 0 saturated heterocycles. The van der Waals surface area contributed by atoms with Gasteiger partial charge in [0.25, 0.3) is 0 Å². The molecular weight excluding hydrogens is 400 g/mol. The van der Waals surface area contributed by atoms with Crippen molar-refractivity contribution in [2.24, 2.45) is 0 Å². The van der Waals surface area contributed by atoms with Gasteiger partial charge in [0.1, 0.15) is 12.5 Å². The second-order valence-electron chi connectivity index (χ2n) is 4.50. The van der Waals surface area contributed by atoms with Crippen molar-refractivity contribution in [1.82, 2.24) is 0 Å². The van der Waals surface area contributed by atoms with Crippen molar-refractivity contribution in [1.29, 1.82) is 0 Å². The molecule has 124 valence electrons. The van der Waals surface area contributed by atoms with Crippen LogP contribution in [0.3, 0.4) is 0 Å². The molecule has 23 heavy (non-hydrogen) atoms. The van der Waals surface area contributed by atoms with E-state index in [-0.39, 0.29) is 0 Å². The van der Waals surface area contributed by atoms with Gasteiger partial charge >= 0.3 is 0 Å². The zero-order chi connectivity index (χ0) is 17.6. The van der Waals surface area contributed by atoms with E-state index >= 15 is 0 Å². The first-order valence-corrected chi connectivity index (χ1v) is 6.68. The summed E-state index contributed by atoms with van der Waals surface area (Å²) in [6.07, 6.45) is 0. The number of halogens is 9. The lowest BCUT2D eigenvalue weighted by molar-refractivity contribution is 0.433. The first-order chi connectivity index (χ1) is 10.6. The Balaban J connectivity index is 3.06. The van der Waals surface area contributed by atoms with Gasteiger partial charge in [-0.25, -0.2) is 35.1 Å². The van der Waals surface area contributed by atoms with Crippen LogP contribution >= 0.6 is 15.9 Å². The minimum absolute atomic E-state index is 0.704. The fourth-order valence-electron chi connectivity index (χ4n) is 2.02. The fraction of sp³-hybridized carbons (Fsp3) is 0.143. The van der Waals surface area contributed by atoms with Gasteiger partial charge in [-0.2, -0.15) is 0 Å². The number of hydrogen-bond donors (Lipinski definition) is 0. The van der Waals surface area contributed by atoms with Crippen LogP contribution in [0.25, 0.3) is 11.1 Å². The van der Waals surface area contributed by atoms with Gasteiger partial charge in [-0.3, -0.25) is 0 Å². The molecule has 0 fully saturated rings. The van der Waals surface area contributed by atoms with E-state index in [2.05, 4.69) is 15.9 Å². The molecule has 0 unspecified atom stereocenters. The minimum atomic E-state index is -2.09. The summed E-state index contributed by atoms with van der Waals surface area (Å²) in [4.78, 5) is 0. The lowest BCUT2D eigenvalue weighted by atomic mass is 9.96. The average Bonchev–Trinajstić information content (AvgIpc) is 2.54. The van der Waals surface area contributed by atoms with Crippen LogP contribution < -0.4 is 0 Å². The van der Waals surface area contributed by atoms with Crippen LogP contribution in [0.5, 0.6) is 0 Å². The van der Waals surface area contributed by atoms with E-state index in [4.69, 9.17) is 0 Å². The van der Waals surface area contributed by atoms with Crippen molar-refractivity contribution in [2.75, 3.05) is 0 Å². The molecular formula is C14H5BrF8. The van der Waals surface area contributed by atoms with Crippen molar-refractivity contribution in [3.8, 4) is 11.1 Å². The molecule has 0 spiro atoms. The van der Waals surface area contributed by atoms with E-state index in [1.165, 1.54) is 0 Å². The van der Waals surface area contributed by atoms with Gasteiger partial charge in [0.05, 0.1) is 10.0 Å². The lowest BCUT2D eigenvalue weighted by Gasteiger charge is -2.15. The Morgan fingerprint density at radius 2 is 1.09 bits per heavy atom. The summed E-state index contributed by atoms with van der Waals surface area (Å²) >= 11 is 2.31. The van der Waals surface area contributed by atoms with Crippen molar-refractivity contribution in [2.45, 2.75) is 13.6 Å². The minimum Gasteiger partial charge on any atom is -0.246 e.